The highest BCUT2D eigenvalue weighted by Gasteiger charge is 2.23. The molecule has 12 nitrogen and oxygen atoms in total. The third-order valence-corrected chi connectivity index (χ3v) is 11.6. The molecule has 6 rings (SSSR count). The second-order valence-electron chi connectivity index (χ2n) is 15.1. The first-order valence-corrected chi connectivity index (χ1v) is 24.7. The van der Waals surface area contributed by atoms with E-state index in [0.29, 0.717) is 35.6 Å². The lowest BCUT2D eigenvalue weighted by atomic mass is 10.1. The number of ether oxygens (including phenoxy) is 2. The molecule has 1 N–H and O–H groups in total. The fourth-order valence-corrected chi connectivity index (χ4v) is 7.41. The van der Waals surface area contributed by atoms with Crippen LogP contribution in [0.1, 0.15) is 41.7 Å². The lowest BCUT2D eigenvalue weighted by Crippen LogP contribution is -2.08. The summed E-state index contributed by atoms with van der Waals surface area (Å²) in [6.07, 6.45) is 13.4. The van der Waals surface area contributed by atoms with Crippen molar-refractivity contribution in [2.75, 3.05) is 104 Å². The maximum absolute atomic E-state index is 12.3. The van der Waals surface area contributed by atoms with Gasteiger partial charge in [-0.1, -0.05) is 90.0 Å². The quantitative estimate of drug-likeness (QED) is 0.0651. The minimum Gasteiger partial charge on any atom is -0.495 e. The van der Waals surface area contributed by atoms with Crippen LogP contribution in [0.4, 0.5) is 25.8 Å². The summed E-state index contributed by atoms with van der Waals surface area (Å²) in [5.41, 5.74) is 8.74. The van der Waals surface area contributed by atoms with E-state index in [1.807, 2.05) is 116 Å². The summed E-state index contributed by atoms with van der Waals surface area (Å²) >= 11 is 11.2. The van der Waals surface area contributed by atoms with Crippen LogP contribution in [-0.2, 0) is 19.8 Å². The topological polar surface area (TPSA) is 123 Å². The first-order valence-electron chi connectivity index (χ1n) is 22.2. The summed E-state index contributed by atoms with van der Waals surface area (Å²) in [4.78, 5) is 18.1. The van der Waals surface area contributed by atoms with Crippen LogP contribution < -0.4 is 24.2 Å². The van der Waals surface area contributed by atoms with E-state index in [0.717, 1.165) is 39.3 Å². The zero-order valence-electron chi connectivity index (χ0n) is 41.5. The molecule has 378 valence electrons. The average Bonchev–Trinajstić information content (AvgIpc) is 3.36. The van der Waals surface area contributed by atoms with Crippen LogP contribution in [0.25, 0.3) is 24.3 Å². The molecule has 0 atom stereocenters. The van der Waals surface area contributed by atoms with Crippen molar-refractivity contribution < 1.29 is 37.0 Å². The first-order chi connectivity index (χ1) is 33.6. The van der Waals surface area contributed by atoms with E-state index < -0.39 is 20.9 Å². The summed E-state index contributed by atoms with van der Waals surface area (Å²) in [6.45, 7) is 2.99. The SMILES string of the molecule is CCOP(=O)(Cc1ccc(N(C)C)cc1)OCC.CN(C)c1ccc(/C=C/c2ccc(Cl)nc2)cc1.CN(C)c1ccc(/C=C/c2ccc(OCCF)nc2)cc1.COc1ccc(Cl)nc1.OCCF. The molecule has 70 heavy (non-hydrogen) atoms. The van der Waals surface area contributed by atoms with Crippen molar-refractivity contribution in [1.82, 2.24) is 15.0 Å². The molecule has 3 heterocycles. The highest BCUT2D eigenvalue weighted by atomic mass is 35.5. The molecule has 0 bridgehead atoms. The van der Waals surface area contributed by atoms with E-state index in [9.17, 15) is 13.3 Å². The average molecular weight is 1020 g/mol. The maximum Gasteiger partial charge on any atom is 0.335 e. The van der Waals surface area contributed by atoms with E-state index in [1.165, 1.54) is 11.4 Å². The van der Waals surface area contributed by atoms with Gasteiger partial charge in [0.05, 0.1) is 39.3 Å². The molecule has 0 amide bonds. The van der Waals surface area contributed by atoms with E-state index in [4.69, 9.17) is 46.8 Å². The van der Waals surface area contributed by atoms with Crippen LogP contribution in [0.5, 0.6) is 11.6 Å². The summed E-state index contributed by atoms with van der Waals surface area (Å²) in [5, 5.41) is 8.50. The number of rotatable bonds is 18. The Kier molecular flexibility index (Phi) is 29.6. The predicted octanol–water partition coefficient (Wildman–Crippen LogP) is 12.8. The number of aromatic nitrogens is 3. The molecule has 0 aliphatic rings. The normalized spacial score (nSPS) is 10.6. The number of methoxy groups -OCH3 is 1. The van der Waals surface area contributed by atoms with Crippen molar-refractivity contribution in [2.45, 2.75) is 20.0 Å². The van der Waals surface area contributed by atoms with Crippen LogP contribution in [-0.4, -0.2) is 109 Å². The Morgan fingerprint density at radius 3 is 1.31 bits per heavy atom. The molecule has 0 unspecified atom stereocenters. The van der Waals surface area contributed by atoms with E-state index >= 15 is 0 Å². The second-order valence-corrected chi connectivity index (χ2v) is 17.9. The van der Waals surface area contributed by atoms with Crippen LogP contribution >= 0.6 is 30.8 Å². The number of anilines is 3. The first kappa shape index (κ1) is 60.3. The van der Waals surface area contributed by atoms with Gasteiger partial charge in [0.2, 0.25) is 5.88 Å². The summed E-state index contributed by atoms with van der Waals surface area (Å²) in [5.74, 6) is 1.17. The predicted molar refractivity (Wildman–Crippen MR) is 289 cm³/mol. The Labute approximate surface area is 423 Å². The van der Waals surface area contributed by atoms with E-state index in [1.54, 1.807) is 50.0 Å². The summed E-state index contributed by atoms with van der Waals surface area (Å²) in [7, 11) is 10.7. The smallest absolute Gasteiger partial charge is 0.335 e. The van der Waals surface area contributed by atoms with Crippen LogP contribution in [0, 0.1) is 0 Å². The van der Waals surface area contributed by atoms with Crippen molar-refractivity contribution in [3.63, 3.8) is 0 Å². The number of aliphatic hydroxyl groups excluding tert-OH is 1. The molecule has 6 aromatic rings. The molecule has 3 aromatic carbocycles. The molecule has 0 saturated carbocycles. The van der Waals surface area contributed by atoms with Gasteiger partial charge in [-0.2, -0.15) is 0 Å². The molecular weight excluding hydrogens is 956 g/mol. The lowest BCUT2D eigenvalue weighted by molar-refractivity contribution is 0.219. The van der Waals surface area contributed by atoms with Crippen molar-refractivity contribution >= 4 is 72.2 Å². The Bertz CT molecular complexity index is 2390. The Balaban J connectivity index is 0.000000320. The largest absolute Gasteiger partial charge is 0.495 e. The van der Waals surface area contributed by atoms with Crippen molar-refractivity contribution in [1.29, 1.82) is 0 Å². The Morgan fingerprint density at radius 2 is 0.971 bits per heavy atom. The number of benzene rings is 3. The van der Waals surface area contributed by atoms with Gasteiger partial charge in [0, 0.05) is 77.8 Å². The number of alkyl halides is 2. The van der Waals surface area contributed by atoms with Crippen LogP contribution in [0.3, 0.4) is 0 Å². The number of hydrogen-bond acceptors (Lipinski definition) is 12. The van der Waals surface area contributed by atoms with Crippen LogP contribution in [0.2, 0.25) is 10.3 Å². The fourth-order valence-electron chi connectivity index (χ4n) is 5.48. The molecule has 0 saturated heterocycles. The fraction of sp³-hybridized carbons (Fsp3) is 0.302. The Morgan fingerprint density at radius 1 is 0.571 bits per heavy atom. The molecular formula is C53H67Cl2F2N6O6P. The molecule has 0 aliphatic carbocycles. The third kappa shape index (κ3) is 25.1. The van der Waals surface area contributed by atoms with Gasteiger partial charge >= 0.3 is 7.60 Å². The Hall–Kier alpha value is -5.86. The van der Waals surface area contributed by atoms with Gasteiger partial charge in [0.15, 0.2) is 0 Å². The summed E-state index contributed by atoms with van der Waals surface area (Å²) < 4.78 is 55.3. The van der Waals surface area contributed by atoms with Crippen molar-refractivity contribution in [3.8, 4) is 11.6 Å². The molecule has 3 aromatic heterocycles. The monoisotopic (exact) mass is 1020 g/mol. The van der Waals surface area contributed by atoms with Gasteiger partial charge in [0.1, 0.15) is 36.0 Å². The number of pyridine rings is 3. The lowest BCUT2D eigenvalue weighted by Gasteiger charge is -2.18. The van der Waals surface area contributed by atoms with E-state index in [-0.39, 0.29) is 13.2 Å². The molecule has 0 fully saturated rings. The van der Waals surface area contributed by atoms with Gasteiger partial charge < -0.3 is 38.3 Å². The molecule has 0 spiro atoms. The van der Waals surface area contributed by atoms with Gasteiger partial charge in [-0.05, 0) is 102 Å². The van der Waals surface area contributed by atoms with Gasteiger partial charge in [-0.25, -0.2) is 23.7 Å². The molecule has 0 radical (unpaired) electrons. The standard InChI is InChI=1S/C17H19FN2O.C15H15ClN2.C13H22NO3P.C6H6ClNO.C2H5FO/c1-20(2)16-8-5-14(6-9-16)3-4-15-7-10-17(19-13-15)21-12-11-18;1-18(2)14-8-5-12(6-9-14)3-4-13-7-10-15(16)17-11-13;1-5-16-18(15,17-6-2)11-12-7-9-13(10-8-12)14(3)4;1-9-5-2-3-6(7)8-4-5;3-1-2-4/h3-10,13H,11-12H2,1-2H3;3-11H,1-2H3;7-10H,5-6,11H2,1-4H3;2-4H,1H3;4H,1-2H2/b2*4-3+;;;. The number of halogens is 4. The summed E-state index contributed by atoms with van der Waals surface area (Å²) in [6, 6.07) is 35.4. The highest BCUT2D eigenvalue weighted by Crippen LogP contribution is 2.51. The number of hydrogen-bond donors (Lipinski definition) is 1. The third-order valence-electron chi connectivity index (χ3n) is 9.09. The zero-order chi connectivity index (χ0) is 51.7. The number of aliphatic hydroxyl groups is 1. The van der Waals surface area contributed by atoms with Gasteiger partial charge in [-0.15, -0.1) is 0 Å². The van der Waals surface area contributed by atoms with Crippen LogP contribution in [0.15, 0.2) is 128 Å². The van der Waals surface area contributed by atoms with E-state index in [2.05, 4.69) is 79.4 Å². The molecule has 0 aliphatic heterocycles. The van der Waals surface area contributed by atoms with Gasteiger partial charge in [0.25, 0.3) is 0 Å². The minimum atomic E-state index is -2.99. The second kappa shape index (κ2) is 34.4. The zero-order valence-corrected chi connectivity index (χ0v) is 43.9. The van der Waals surface area contributed by atoms with Crippen molar-refractivity contribution in [2.24, 2.45) is 0 Å². The highest BCUT2D eigenvalue weighted by molar-refractivity contribution is 7.53. The minimum absolute atomic E-state index is 0.0421. The molecule has 17 heteroatoms. The van der Waals surface area contributed by atoms with Gasteiger partial charge in [-0.3, -0.25) is 4.57 Å². The number of nitrogens with zero attached hydrogens (tertiary/aromatic N) is 6. The van der Waals surface area contributed by atoms with Crippen molar-refractivity contribution in [3.05, 3.63) is 166 Å². The maximum atomic E-state index is 12.3.